The van der Waals surface area contributed by atoms with Gasteiger partial charge in [0.25, 0.3) is 0 Å². The molecule has 0 spiro atoms. The monoisotopic (exact) mass is 502 g/mol. The largest absolute Gasteiger partial charge is 0.205 e. The fraction of sp³-hybridized carbons (Fsp3) is 0.758. The molecule has 2 fully saturated rings. The van der Waals surface area contributed by atoms with E-state index in [1.165, 1.54) is 103 Å². The maximum Gasteiger partial charge on any atom is 0.145 e. The number of halogens is 2. The van der Waals surface area contributed by atoms with Crippen molar-refractivity contribution in [3.05, 3.63) is 40.2 Å². The summed E-state index contributed by atoms with van der Waals surface area (Å²) in [5.41, 5.74) is 1.60. The van der Waals surface area contributed by atoms with Gasteiger partial charge in [-0.05, 0) is 86.2 Å². The Bertz CT molecular complexity index is 738. The standard InChI is InChI=1S/C33H52ClF/c1-3-5-7-8-9-15-31-25-24-30(32(34)33(31)35)14-11-10-13-27-18-22-29(23-19-27)28-20-16-26(17-21-28)12-6-4-2/h11,14,24-29H,3-10,12-13,15-23H2,1-2H3/b14-11+. The van der Waals surface area contributed by atoms with E-state index in [0.29, 0.717) is 5.02 Å². The number of allylic oxidation sites excluding steroid dienone is 1. The van der Waals surface area contributed by atoms with Crippen molar-refractivity contribution in [1.82, 2.24) is 0 Å². The Balaban J connectivity index is 1.34. The van der Waals surface area contributed by atoms with Crippen molar-refractivity contribution in [2.75, 3.05) is 0 Å². The summed E-state index contributed by atoms with van der Waals surface area (Å²) in [6.07, 6.45) is 29.4. The molecular weight excluding hydrogens is 451 g/mol. The predicted octanol–water partition coefficient (Wildman–Crippen LogP) is 11.6. The molecule has 0 aliphatic heterocycles. The molecule has 0 saturated heterocycles. The lowest BCUT2D eigenvalue weighted by molar-refractivity contribution is 0.141. The zero-order valence-corrected chi connectivity index (χ0v) is 23.6. The fourth-order valence-corrected chi connectivity index (χ4v) is 7.02. The number of hydrogen-bond acceptors (Lipinski definition) is 0. The molecule has 1 aromatic carbocycles. The van der Waals surface area contributed by atoms with Crippen molar-refractivity contribution in [1.29, 1.82) is 0 Å². The van der Waals surface area contributed by atoms with Crippen molar-refractivity contribution in [2.45, 2.75) is 136 Å². The number of rotatable bonds is 14. The van der Waals surface area contributed by atoms with Gasteiger partial charge in [0.1, 0.15) is 5.82 Å². The van der Waals surface area contributed by atoms with Crippen LogP contribution in [0.3, 0.4) is 0 Å². The lowest BCUT2D eigenvalue weighted by Crippen LogP contribution is -2.25. The maximum absolute atomic E-state index is 14.7. The van der Waals surface area contributed by atoms with Gasteiger partial charge in [-0.15, -0.1) is 0 Å². The van der Waals surface area contributed by atoms with E-state index in [4.69, 9.17) is 11.6 Å². The average molecular weight is 503 g/mol. The topological polar surface area (TPSA) is 0 Å². The van der Waals surface area contributed by atoms with Crippen LogP contribution >= 0.6 is 11.6 Å². The molecule has 0 unspecified atom stereocenters. The molecule has 198 valence electrons. The Morgan fingerprint density at radius 1 is 0.771 bits per heavy atom. The highest BCUT2D eigenvalue weighted by molar-refractivity contribution is 6.32. The second-order valence-corrected chi connectivity index (χ2v) is 12.2. The van der Waals surface area contributed by atoms with E-state index in [0.717, 1.165) is 54.1 Å². The van der Waals surface area contributed by atoms with Crippen LogP contribution in [0.15, 0.2) is 18.2 Å². The summed E-state index contributed by atoms with van der Waals surface area (Å²) in [6.45, 7) is 4.54. The van der Waals surface area contributed by atoms with Crippen LogP contribution < -0.4 is 0 Å². The van der Waals surface area contributed by atoms with E-state index in [1.54, 1.807) is 0 Å². The molecule has 2 heteroatoms. The second kappa shape index (κ2) is 16.1. The van der Waals surface area contributed by atoms with Gasteiger partial charge in [-0.1, -0.05) is 120 Å². The molecule has 3 rings (SSSR count). The second-order valence-electron chi connectivity index (χ2n) is 11.8. The Kier molecular flexibility index (Phi) is 13.2. The highest BCUT2D eigenvalue weighted by atomic mass is 35.5. The molecule has 1 aromatic rings. The molecule has 35 heavy (non-hydrogen) atoms. The predicted molar refractivity (Wildman–Crippen MR) is 153 cm³/mol. The van der Waals surface area contributed by atoms with E-state index < -0.39 is 0 Å². The summed E-state index contributed by atoms with van der Waals surface area (Å²) in [4.78, 5) is 0. The minimum atomic E-state index is -0.206. The third kappa shape index (κ3) is 9.53. The number of benzene rings is 1. The highest BCUT2D eigenvalue weighted by Crippen LogP contribution is 2.43. The normalized spacial score (nSPS) is 25.4. The molecule has 2 saturated carbocycles. The first-order valence-corrected chi connectivity index (χ1v) is 15.6. The lowest BCUT2D eigenvalue weighted by Gasteiger charge is -2.38. The van der Waals surface area contributed by atoms with Crippen LogP contribution in [0.25, 0.3) is 6.08 Å². The highest BCUT2D eigenvalue weighted by Gasteiger charge is 2.30. The van der Waals surface area contributed by atoms with Gasteiger partial charge >= 0.3 is 0 Å². The third-order valence-corrected chi connectivity index (χ3v) is 9.58. The summed E-state index contributed by atoms with van der Waals surface area (Å²) >= 11 is 6.39. The lowest BCUT2D eigenvalue weighted by atomic mass is 9.68. The maximum atomic E-state index is 14.7. The first kappa shape index (κ1) is 28.7. The number of hydrogen-bond donors (Lipinski definition) is 0. The van der Waals surface area contributed by atoms with Gasteiger partial charge in [0.05, 0.1) is 5.02 Å². The summed E-state index contributed by atoms with van der Waals surface area (Å²) in [5, 5.41) is 0.303. The van der Waals surface area contributed by atoms with Gasteiger partial charge in [0.2, 0.25) is 0 Å². The third-order valence-electron chi connectivity index (χ3n) is 9.20. The SMILES string of the molecule is CCCCCCCc1ccc(/C=C/CCC2CCC(C3CCC(CCCC)CC3)CC2)c(Cl)c1F. The van der Waals surface area contributed by atoms with Crippen molar-refractivity contribution >= 4 is 17.7 Å². The average Bonchev–Trinajstić information content (AvgIpc) is 2.89. The molecule has 0 N–H and O–H groups in total. The van der Waals surface area contributed by atoms with Gasteiger partial charge in [-0.25, -0.2) is 4.39 Å². The summed E-state index contributed by atoms with van der Waals surface area (Å²) in [7, 11) is 0. The molecule has 0 amide bonds. The Morgan fingerprint density at radius 2 is 1.37 bits per heavy atom. The van der Waals surface area contributed by atoms with E-state index in [1.807, 2.05) is 18.2 Å². The van der Waals surface area contributed by atoms with Gasteiger partial charge in [-0.3, -0.25) is 0 Å². The van der Waals surface area contributed by atoms with Crippen LogP contribution in [-0.4, -0.2) is 0 Å². The van der Waals surface area contributed by atoms with Crippen LogP contribution in [-0.2, 0) is 6.42 Å². The molecule has 2 aliphatic carbocycles. The Hall–Kier alpha value is -0.820. The van der Waals surface area contributed by atoms with E-state index >= 15 is 0 Å². The molecule has 0 bridgehead atoms. The number of aryl methyl sites for hydroxylation is 1. The van der Waals surface area contributed by atoms with E-state index in [-0.39, 0.29) is 5.82 Å². The van der Waals surface area contributed by atoms with Gasteiger partial charge < -0.3 is 0 Å². The summed E-state index contributed by atoms with van der Waals surface area (Å²) in [6, 6.07) is 3.95. The molecular formula is C33H52ClF. The van der Waals surface area contributed by atoms with E-state index in [9.17, 15) is 4.39 Å². The summed E-state index contributed by atoms with van der Waals surface area (Å²) in [5.74, 6) is 3.72. The van der Waals surface area contributed by atoms with Crippen LogP contribution in [0.4, 0.5) is 4.39 Å². The van der Waals surface area contributed by atoms with Crippen LogP contribution in [0.1, 0.15) is 141 Å². The molecule has 0 atom stereocenters. The van der Waals surface area contributed by atoms with Gasteiger partial charge in [0, 0.05) is 0 Å². The van der Waals surface area contributed by atoms with Crippen molar-refractivity contribution in [2.24, 2.45) is 23.7 Å². The van der Waals surface area contributed by atoms with Crippen LogP contribution in [0, 0.1) is 29.5 Å². The molecule has 0 aromatic heterocycles. The Labute approximate surface area is 221 Å². The zero-order chi connectivity index (χ0) is 24.9. The zero-order valence-electron chi connectivity index (χ0n) is 22.8. The van der Waals surface area contributed by atoms with Gasteiger partial charge in [0.15, 0.2) is 0 Å². The Morgan fingerprint density at radius 3 is 2.00 bits per heavy atom. The van der Waals surface area contributed by atoms with Crippen molar-refractivity contribution in [3.63, 3.8) is 0 Å². The van der Waals surface area contributed by atoms with Crippen LogP contribution in [0.2, 0.25) is 5.02 Å². The minimum absolute atomic E-state index is 0.206. The molecule has 0 radical (unpaired) electrons. The number of unbranched alkanes of at least 4 members (excludes halogenated alkanes) is 5. The fourth-order valence-electron chi connectivity index (χ4n) is 6.78. The first-order valence-electron chi connectivity index (χ1n) is 15.3. The van der Waals surface area contributed by atoms with E-state index in [2.05, 4.69) is 19.9 Å². The minimum Gasteiger partial charge on any atom is -0.205 e. The molecule has 0 nitrogen and oxygen atoms in total. The van der Waals surface area contributed by atoms with Crippen LogP contribution in [0.5, 0.6) is 0 Å². The molecule has 0 heterocycles. The first-order chi connectivity index (χ1) is 17.1. The van der Waals surface area contributed by atoms with Crippen molar-refractivity contribution in [3.8, 4) is 0 Å². The van der Waals surface area contributed by atoms with Crippen molar-refractivity contribution < 1.29 is 4.39 Å². The van der Waals surface area contributed by atoms with Gasteiger partial charge in [-0.2, -0.15) is 0 Å². The smallest absolute Gasteiger partial charge is 0.145 e. The molecule has 2 aliphatic rings. The summed E-state index contributed by atoms with van der Waals surface area (Å²) < 4.78 is 14.7. The quantitative estimate of drug-likeness (QED) is 0.222.